The molecule has 172 valence electrons. The number of nitrogens with one attached hydrogen (secondary N) is 2. The molecule has 0 aliphatic carbocycles. The summed E-state index contributed by atoms with van der Waals surface area (Å²) in [4.78, 5) is 37.8. The van der Waals surface area contributed by atoms with E-state index in [1.807, 2.05) is 6.92 Å². The lowest BCUT2D eigenvalue weighted by atomic mass is 10.2. The van der Waals surface area contributed by atoms with E-state index in [1.54, 1.807) is 11.8 Å². The molecule has 0 aliphatic heterocycles. The van der Waals surface area contributed by atoms with Gasteiger partial charge in [-0.15, -0.1) is 23.1 Å². The molecular weight excluding hydrogens is 440 g/mol. The number of fused-ring (bicyclic) bond motifs is 1. The minimum atomic E-state index is -0.184. The van der Waals surface area contributed by atoms with Crippen molar-refractivity contribution in [1.82, 2.24) is 20.2 Å². The van der Waals surface area contributed by atoms with Gasteiger partial charge in [-0.1, -0.05) is 24.6 Å². The molecule has 2 aromatic heterocycles. The first-order chi connectivity index (χ1) is 15.2. The van der Waals surface area contributed by atoms with Crippen LogP contribution in [0.3, 0.4) is 0 Å². The average Bonchev–Trinajstić information content (AvgIpc) is 3.08. The molecule has 3 rings (SSSR count). The largest absolute Gasteiger partial charge is 0.350 e. The quantitative estimate of drug-likeness (QED) is 0.443. The monoisotopic (exact) mass is 472 g/mol. The zero-order valence-corrected chi connectivity index (χ0v) is 21.3. The number of H-pyrrole nitrogens is 1. The van der Waals surface area contributed by atoms with Crippen LogP contribution in [0.2, 0.25) is 0 Å². The van der Waals surface area contributed by atoms with Crippen molar-refractivity contribution in [3.8, 4) is 0 Å². The number of aromatic amines is 1. The Hall–Kier alpha value is -2.16. The Morgan fingerprint density at radius 2 is 2.03 bits per heavy atom. The molecule has 8 heteroatoms. The van der Waals surface area contributed by atoms with E-state index in [1.165, 1.54) is 27.4 Å². The first kappa shape index (κ1) is 24.5. The van der Waals surface area contributed by atoms with Crippen molar-refractivity contribution < 1.29 is 4.79 Å². The molecule has 0 saturated carbocycles. The molecule has 3 aromatic rings. The second kappa shape index (κ2) is 10.6. The van der Waals surface area contributed by atoms with Crippen LogP contribution < -0.4 is 10.9 Å². The summed E-state index contributed by atoms with van der Waals surface area (Å²) in [5.74, 6) is 1.05. The SMILES string of the molecule is CCN(CCNC(=O)c1sc2nc(CSc3cc(C)ccc3C)[nH]c(=O)c2c1C)C(C)C. The van der Waals surface area contributed by atoms with Crippen LogP contribution in [0.25, 0.3) is 10.2 Å². The van der Waals surface area contributed by atoms with Gasteiger partial charge in [-0.3, -0.25) is 14.5 Å². The van der Waals surface area contributed by atoms with E-state index < -0.39 is 0 Å². The van der Waals surface area contributed by atoms with Gasteiger partial charge in [0.05, 0.1) is 16.0 Å². The number of hydrogen-bond donors (Lipinski definition) is 2. The highest BCUT2D eigenvalue weighted by Gasteiger charge is 2.19. The normalized spacial score (nSPS) is 11.6. The van der Waals surface area contributed by atoms with Crippen LogP contribution in [0.4, 0.5) is 0 Å². The third-order valence-corrected chi connectivity index (χ3v) is 7.94. The zero-order chi connectivity index (χ0) is 23.4. The zero-order valence-electron chi connectivity index (χ0n) is 19.7. The minimum Gasteiger partial charge on any atom is -0.350 e. The Bertz CT molecular complexity index is 1170. The third-order valence-electron chi connectivity index (χ3n) is 5.58. The van der Waals surface area contributed by atoms with Gasteiger partial charge in [0.2, 0.25) is 0 Å². The lowest BCUT2D eigenvalue weighted by molar-refractivity contribution is 0.0949. The van der Waals surface area contributed by atoms with Crippen molar-refractivity contribution in [3.05, 3.63) is 55.9 Å². The maximum atomic E-state index is 12.8. The van der Waals surface area contributed by atoms with E-state index in [0.717, 1.165) is 13.1 Å². The summed E-state index contributed by atoms with van der Waals surface area (Å²) in [5.41, 5.74) is 2.92. The Morgan fingerprint density at radius 1 is 1.28 bits per heavy atom. The summed E-state index contributed by atoms with van der Waals surface area (Å²) < 4.78 is 0. The summed E-state index contributed by atoms with van der Waals surface area (Å²) in [6, 6.07) is 6.78. The fourth-order valence-corrected chi connectivity index (χ4v) is 5.77. The highest BCUT2D eigenvalue weighted by Crippen LogP contribution is 2.29. The second-order valence-electron chi connectivity index (χ2n) is 8.28. The second-order valence-corrected chi connectivity index (χ2v) is 10.3. The van der Waals surface area contributed by atoms with Crippen LogP contribution in [0.1, 0.15) is 53.0 Å². The number of aromatic nitrogens is 2. The van der Waals surface area contributed by atoms with E-state index in [9.17, 15) is 9.59 Å². The Balaban J connectivity index is 1.75. The van der Waals surface area contributed by atoms with Gasteiger partial charge in [-0.05, 0) is 58.4 Å². The number of carbonyl (C=O) groups excluding carboxylic acids is 1. The number of rotatable bonds is 9. The first-order valence-corrected chi connectivity index (χ1v) is 12.8. The van der Waals surface area contributed by atoms with Crippen molar-refractivity contribution >= 4 is 39.2 Å². The molecule has 32 heavy (non-hydrogen) atoms. The number of hydrogen-bond acceptors (Lipinski definition) is 6. The molecule has 0 fully saturated rings. The summed E-state index contributed by atoms with van der Waals surface area (Å²) >= 11 is 2.95. The topological polar surface area (TPSA) is 78.1 Å². The van der Waals surface area contributed by atoms with Gasteiger partial charge < -0.3 is 10.3 Å². The predicted octanol–water partition coefficient (Wildman–Crippen LogP) is 4.66. The standard InChI is InChI=1S/C24H32N4O2S2/c1-7-28(14(2)3)11-10-25-23(30)21-17(6)20-22(29)26-19(27-24(20)32-21)13-31-18-12-15(4)8-9-16(18)5/h8-9,12,14H,7,10-11,13H2,1-6H3,(H,25,30)(H,26,27,29). The van der Waals surface area contributed by atoms with Crippen LogP contribution in [-0.4, -0.2) is 46.5 Å². The molecule has 1 aromatic carbocycles. The number of aryl methyl sites for hydroxylation is 3. The van der Waals surface area contributed by atoms with Gasteiger partial charge in [0.25, 0.3) is 11.5 Å². The number of amides is 1. The number of thiophene rings is 1. The molecule has 0 bridgehead atoms. The maximum absolute atomic E-state index is 12.8. The van der Waals surface area contributed by atoms with Gasteiger partial charge in [-0.25, -0.2) is 4.98 Å². The molecule has 2 heterocycles. The Morgan fingerprint density at radius 3 is 2.72 bits per heavy atom. The van der Waals surface area contributed by atoms with Crippen LogP contribution in [0, 0.1) is 20.8 Å². The van der Waals surface area contributed by atoms with Crippen molar-refractivity contribution in [1.29, 1.82) is 0 Å². The van der Waals surface area contributed by atoms with E-state index in [-0.39, 0.29) is 11.5 Å². The van der Waals surface area contributed by atoms with Gasteiger partial charge in [0.1, 0.15) is 10.7 Å². The fourth-order valence-electron chi connectivity index (χ4n) is 3.66. The number of likely N-dealkylation sites (N-methyl/N-ethyl adjacent to an activating group) is 1. The van der Waals surface area contributed by atoms with Crippen LogP contribution in [0.15, 0.2) is 27.9 Å². The average molecular weight is 473 g/mol. The highest BCUT2D eigenvalue weighted by molar-refractivity contribution is 7.98. The number of thioether (sulfide) groups is 1. The van der Waals surface area contributed by atoms with Crippen molar-refractivity contribution in [3.63, 3.8) is 0 Å². The lowest BCUT2D eigenvalue weighted by Gasteiger charge is -2.24. The third kappa shape index (κ3) is 5.60. The summed E-state index contributed by atoms with van der Waals surface area (Å²) in [5, 5.41) is 3.51. The fraction of sp³-hybridized carbons (Fsp3) is 0.458. The molecule has 0 radical (unpaired) electrons. The Kier molecular flexibility index (Phi) is 8.14. The van der Waals surface area contributed by atoms with Crippen molar-refractivity contribution in [2.75, 3.05) is 19.6 Å². The van der Waals surface area contributed by atoms with E-state index in [0.29, 0.717) is 44.8 Å². The van der Waals surface area contributed by atoms with Gasteiger partial charge in [-0.2, -0.15) is 0 Å². The van der Waals surface area contributed by atoms with Gasteiger partial charge in [0, 0.05) is 24.0 Å². The molecule has 1 amide bonds. The van der Waals surface area contributed by atoms with Crippen molar-refractivity contribution in [2.45, 2.75) is 58.2 Å². The van der Waals surface area contributed by atoms with Gasteiger partial charge >= 0.3 is 0 Å². The minimum absolute atomic E-state index is 0.143. The predicted molar refractivity (Wildman–Crippen MR) is 135 cm³/mol. The molecule has 6 nitrogen and oxygen atoms in total. The van der Waals surface area contributed by atoms with Crippen LogP contribution in [-0.2, 0) is 5.75 Å². The molecule has 0 unspecified atom stereocenters. The molecule has 2 N–H and O–H groups in total. The van der Waals surface area contributed by atoms with Gasteiger partial charge in [0.15, 0.2) is 0 Å². The summed E-state index contributed by atoms with van der Waals surface area (Å²) in [6.45, 7) is 14.7. The highest BCUT2D eigenvalue weighted by atomic mass is 32.2. The first-order valence-electron chi connectivity index (χ1n) is 11.0. The van der Waals surface area contributed by atoms with Crippen molar-refractivity contribution in [2.24, 2.45) is 0 Å². The van der Waals surface area contributed by atoms with E-state index in [2.05, 4.69) is 73.0 Å². The number of carbonyl (C=O) groups is 1. The smallest absolute Gasteiger partial charge is 0.261 e. The Labute approximate surface area is 197 Å². The maximum Gasteiger partial charge on any atom is 0.261 e. The molecular formula is C24H32N4O2S2. The number of benzene rings is 1. The van der Waals surface area contributed by atoms with Crippen LogP contribution >= 0.6 is 23.1 Å². The molecule has 0 saturated heterocycles. The lowest BCUT2D eigenvalue weighted by Crippen LogP contribution is -2.38. The number of nitrogens with zero attached hydrogens (tertiary/aromatic N) is 2. The van der Waals surface area contributed by atoms with E-state index in [4.69, 9.17) is 0 Å². The van der Waals surface area contributed by atoms with Crippen LogP contribution in [0.5, 0.6) is 0 Å². The summed E-state index contributed by atoms with van der Waals surface area (Å²) in [7, 11) is 0. The molecule has 0 aliphatic rings. The molecule has 0 spiro atoms. The van der Waals surface area contributed by atoms with E-state index >= 15 is 0 Å². The molecule has 0 atom stereocenters. The summed E-state index contributed by atoms with van der Waals surface area (Å²) in [6.07, 6.45) is 0.